The quantitative estimate of drug-likeness (QED) is 0.595. The van der Waals surface area contributed by atoms with Gasteiger partial charge >= 0.3 is 0 Å². The summed E-state index contributed by atoms with van der Waals surface area (Å²) in [5, 5.41) is 6.40. The Bertz CT molecular complexity index is 506. The molecule has 1 heterocycles. The van der Waals surface area contributed by atoms with Crippen LogP contribution in [0, 0.1) is 0 Å². The maximum absolute atomic E-state index is 12.2. The maximum atomic E-state index is 12.2. The third kappa shape index (κ3) is 6.40. The Balaban J connectivity index is 1.77. The highest BCUT2D eigenvalue weighted by molar-refractivity contribution is 5.79. The summed E-state index contributed by atoms with van der Waals surface area (Å²) < 4.78 is 34.9. The van der Waals surface area contributed by atoms with Gasteiger partial charge in [-0.2, -0.15) is 0 Å². The van der Waals surface area contributed by atoms with Gasteiger partial charge in [0.25, 0.3) is 6.43 Å². The molecule has 7 heteroatoms. The minimum absolute atomic E-state index is 0.236. The Labute approximate surface area is 135 Å². The molecular weight excluding hydrogens is 304 g/mol. The summed E-state index contributed by atoms with van der Waals surface area (Å²) in [5.74, 6) is 1.12. The van der Waals surface area contributed by atoms with Crippen molar-refractivity contribution in [3.63, 3.8) is 0 Å². The number of hydrogen-bond donors (Lipinski definition) is 2. The van der Waals surface area contributed by atoms with E-state index in [1.165, 1.54) is 0 Å². The summed E-state index contributed by atoms with van der Waals surface area (Å²) >= 11 is 0. The SMILES string of the molecule is CN=C(NCc1cccc(OCC(F)F)c1)NCC1CCCO1. The first-order valence-electron chi connectivity index (χ1n) is 7.73. The number of nitrogens with zero attached hydrogens (tertiary/aromatic N) is 1. The van der Waals surface area contributed by atoms with Crippen molar-refractivity contribution in [1.82, 2.24) is 10.6 Å². The van der Waals surface area contributed by atoms with E-state index in [0.29, 0.717) is 18.3 Å². The van der Waals surface area contributed by atoms with Crippen molar-refractivity contribution in [3.05, 3.63) is 29.8 Å². The molecule has 0 aliphatic carbocycles. The third-order valence-corrected chi connectivity index (χ3v) is 3.48. The van der Waals surface area contributed by atoms with Gasteiger partial charge in [0.1, 0.15) is 12.4 Å². The van der Waals surface area contributed by atoms with Crippen LogP contribution in [0.5, 0.6) is 5.75 Å². The van der Waals surface area contributed by atoms with Gasteiger partial charge in [-0.3, -0.25) is 4.99 Å². The van der Waals surface area contributed by atoms with E-state index in [-0.39, 0.29) is 6.10 Å². The van der Waals surface area contributed by atoms with E-state index >= 15 is 0 Å². The first-order valence-corrected chi connectivity index (χ1v) is 7.73. The molecule has 0 bridgehead atoms. The summed E-state index contributed by atoms with van der Waals surface area (Å²) in [6, 6.07) is 7.08. The summed E-state index contributed by atoms with van der Waals surface area (Å²) in [7, 11) is 1.70. The Morgan fingerprint density at radius 2 is 2.30 bits per heavy atom. The fourth-order valence-corrected chi connectivity index (χ4v) is 2.33. The van der Waals surface area contributed by atoms with Gasteiger partial charge in [0.05, 0.1) is 6.10 Å². The van der Waals surface area contributed by atoms with Crippen molar-refractivity contribution < 1.29 is 18.3 Å². The molecule has 1 aliphatic heterocycles. The average Bonchev–Trinajstić information content (AvgIpc) is 3.07. The second-order valence-corrected chi connectivity index (χ2v) is 5.29. The van der Waals surface area contributed by atoms with E-state index in [9.17, 15) is 8.78 Å². The van der Waals surface area contributed by atoms with Gasteiger partial charge in [-0.1, -0.05) is 12.1 Å². The molecule has 0 aromatic heterocycles. The van der Waals surface area contributed by atoms with Gasteiger partial charge in [-0.25, -0.2) is 8.78 Å². The molecule has 0 spiro atoms. The maximum Gasteiger partial charge on any atom is 0.272 e. The highest BCUT2D eigenvalue weighted by Crippen LogP contribution is 2.14. The second-order valence-electron chi connectivity index (χ2n) is 5.29. The summed E-state index contributed by atoms with van der Waals surface area (Å²) in [4.78, 5) is 4.15. The van der Waals surface area contributed by atoms with Gasteiger partial charge in [0.15, 0.2) is 5.96 Å². The molecule has 1 atom stereocenters. The number of nitrogens with one attached hydrogen (secondary N) is 2. The van der Waals surface area contributed by atoms with E-state index < -0.39 is 13.0 Å². The highest BCUT2D eigenvalue weighted by Gasteiger charge is 2.15. The lowest BCUT2D eigenvalue weighted by atomic mass is 10.2. The molecule has 1 aromatic rings. The van der Waals surface area contributed by atoms with E-state index in [2.05, 4.69) is 15.6 Å². The molecule has 23 heavy (non-hydrogen) atoms. The van der Waals surface area contributed by atoms with Crippen LogP contribution in [0.25, 0.3) is 0 Å². The lowest BCUT2D eigenvalue weighted by Crippen LogP contribution is -2.40. The molecular formula is C16H23F2N3O2. The average molecular weight is 327 g/mol. The monoisotopic (exact) mass is 327 g/mol. The van der Waals surface area contributed by atoms with E-state index in [1.807, 2.05) is 6.07 Å². The molecule has 5 nitrogen and oxygen atoms in total. The molecule has 1 aliphatic rings. The van der Waals surface area contributed by atoms with Crippen LogP contribution >= 0.6 is 0 Å². The van der Waals surface area contributed by atoms with Crippen LogP contribution in [0.3, 0.4) is 0 Å². The smallest absolute Gasteiger partial charge is 0.272 e. The van der Waals surface area contributed by atoms with Crippen LogP contribution in [-0.4, -0.2) is 45.3 Å². The summed E-state index contributed by atoms with van der Waals surface area (Å²) in [6.45, 7) is 1.47. The van der Waals surface area contributed by atoms with Crippen molar-refractivity contribution in [3.8, 4) is 5.75 Å². The fraction of sp³-hybridized carbons (Fsp3) is 0.562. The minimum atomic E-state index is -2.47. The fourth-order valence-electron chi connectivity index (χ4n) is 2.33. The van der Waals surface area contributed by atoms with Gasteiger partial charge in [0.2, 0.25) is 0 Å². The number of guanidine groups is 1. The zero-order valence-corrected chi connectivity index (χ0v) is 13.2. The molecule has 1 saturated heterocycles. The Morgan fingerprint density at radius 1 is 1.43 bits per heavy atom. The van der Waals surface area contributed by atoms with Crippen molar-refractivity contribution in [2.24, 2.45) is 4.99 Å². The predicted molar refractivity (Wildman–Crippen MR) is 85.1 cm³/mol. The Hall–Kier alpha value is -1.89. The van der Waals surface area contributed by atoms with Crippen molar-refractivity contribution in [1.29, 1.82) is 0 Å². The molecule has 1 unspecified atom stereocenters. The highest BCUT2D eigenvalue weighted by atomic mass is 19.3. The number of halogens is 2. The molecule has 128 valence electrons. The van der Waals surface area contributed by atoms with Crippen LogP contribution in [0.1, 0.15) is 18.4 Å². The van der Waals surface area contributed by atoms with Crippen LogP contribution in [0.4, 0.5) is 8.78 Å². The predicted octanol–water partition coefficient (Wildman–Crippen LogP) is 2.17. The number of hydrogen-bond acceptors (Lipinski definition) is 3. The van der Waals surface area contributed by atoms with Crippen LogP contribution in [0.15, 0.2) is 29.3 Å². The van der Waals surface area contributed by atoms with Crippen molar-refractivity contribution in [2.75, 3.05) is 26.8 Å². The van der Waals surface area contributed by atoms with Crippen molar-refractivity contribution >= 4 is 5.96 Å². The lowest BCUT2D eigenvalue weighted by molar-refractivity contribution is 0.0818. The summed E-state index contributed by atoms with van der Waals surface area (Å²) in [5.41, 5.74) is 0.928. The van der Waals surface area contributed by atoms with Gasteiger partial charge in [-0.05, 0) is 30.5 Å². The number of aliphatic imine (C=N–C) groups is 1. The van der Waals surface area contributed by atoms with Crippen LogP contribution in [-0.2, 0) is 11.3 Å². The molecule has 0 amide bonds. The largest absolute Gasteiger partial charge is 0.488 e. The third-order valence-electron chi connectivity index (χ3n) is 3.48. The molecule has 0 radical (unpaired) electrons. The minimum Gasteiger partial charge on any atom is -0.488 e. The Kier molecular flexibility index (Phi) is 7.06. The molecule has 1 fully saturated rings. The zero-order valence-electron chi connectivity index (χ0n) is 13.2. The normalized spacial score (nSPS) is 18.3. The number of rotatable bonds is 7. The molecule has 2 N–H and O–H groups in total. The van der Waals surface area contributed by atoms with Crippen LogP contribution in [0.2, 0.25) is 0 Å². The zero-order chi connectivity index (χ0) is 16.5. The van der Waals surface area contributed by atoms with Gasteiger partial charge < -0.3 is 20.1 Å². The van der Waals surface area contributed by atoms with Gasteiger partial charge in [0, 0.05) is 26.7 Å². The van der Waals surface area contributed by atoms with Gasteiger partial charge in [-0.15, -0.1) is 0 Å². The van der Waals surface area contributed by atoms with E-state index in [0.717, 1.165) is 31.6 Å². The lowest BCUT2D eigenvalue weighted by Gasteiger charge is -2.15. The molecule has 2 rings (SSSR count). The first-order chi connectivity index (χ1) is 11.2. The summed E-state index contributed by atoms with van der Waals surface area (Å²) in [6.07, 6.45) is -0.0747. The Morgan fingerprint density at radius 3 is 3.00 bits per heavy atom. The number of ether oxygens (including phenoxy) is 2. The second kappa shape index (κ2) is 9.29. The number of benzene rings is 1. The molecule has 0 saturated carbocycles. The van der Waals surface area contributed by atoms with Crippen molar-refractivity contribution in [2.45, 2.75) is 31.9 Å². The number of alkyl halides is 2. The topological polar surface area (TPSA) is 54.9 Å². The first kappa shape index (κ1) is 17.5. The van der Waals surface area contributed by atoms with E-state index in [1.54, 1.807) is 25.2 Å². The molecule has 1 aromatic carbocycles. The van der Waals surface area contributed by atoms with E-state index in [4.69, 9.17) is 9.47 Å². The van der Waals surface area contributed by atoms with Crippen LogP contribution < -0.4 is 15.4 Å². The standard InChI is InChI=1S/C16H23F2N3O2/c1-19-16(21-10-14-6-3-7-22-14)20-9-12-4-2-5-13(8-12)23-11-15(17)18/h2,4-5,8,14-15H,3,6-7,9-11H2,1H3,(H2,19,20,21).